The maximum atomic E-state index is 5.09. The van der Waals surface area contributed by atoms with E-state index in [4.69, 9.17) is 4.74 Å². The minimum Gasteiger partial charge on any atom is -0.497 e. The predicted octanol–water partition coefficient (Wildman–Crippen LogP) is -0.225. The molecule has 0 aliphatic heterocycles. The Morgan fingerprint density at radius 2 is 2.00 bits per heavy atom. The van der Waals surface area contributed by atoms with Crippen LogP contribution in [0.15, 0.2) is 30.8 Å². The van der Waals surface area contributed by atoms with Gasteiger partial charge in [0.2, 0.25) is 0 Å². The molecule has 0 atom stereocenters. The van der Waals surface area contributed by atoms with Gasteiger partial charge in [-0.15, -0.1) is 0 Å². The van der Waals surface area contributed by atoms with Gasteiger partial charge in [0.05, 0.1) is 7.11 Å². The van der Waals surface area contributed by atoms with E-state index in [9.17, 15) is 0 Å². The molecule has 1 aromatic carbocycles. The fourth-order valence-electron chi connectivity index (χ4n) is 1.01. The Morgan fingerprint density at radius 1 is 1.38 bits per heavy atom. The second-order valence-corrected chi connectivity index (χ2v) is 6.12. The third-order valence-corrected chi connectivity index (χ3v) is 4.00. The molecule has 0 fully saturated rings. The molecule has 0 spiro atoms. The average molecular weight is 289 g/mol. The molecule has 0 heterocycles. The molecular formula is C11H14IO+. The topological polar surface area (TPSA) is 9.23 Å². The van der Waals surface area contributed by atoms with E-state index in [2.05, 4.69) is 25.6 Å². The van der Waals surface area contributed by atoms with Crippen LogP contribution >= 0.6 is 0 Å². The first-order valence-electron chi connectivity index (χ1n) is 4.20. The molecule has 0 unspecified atom stereocenters. The molecule has 0 radical (unpaired) electrons. The van der Waals surface area contributed by atoms with Gasteiger partial charge in [-0.05, 0) is 37.8 Å². The van der Waals surface area contributed by atoms with Gasteiger partial charge < -0.3 is 4.74 Å². The second kappa shape index (κ2) is 5.27. The van der Waals surface area contributed by atoms with Crippen molar-refractivity contribution in [3.63, 3.8) is 0 Å². The zero-order chi connectivity index (χ0) is 9.68. The van der Waals surface area contributed by atoms with E-state index in [0.29, 0.717) is 0 Å². The summed E-state index contributed by atoms with van der Waals surface area (Å²) in [5.41, 5.74) is 1.26. The molecule has 1 nitrogen and oxygen atoms in total. The molecule has 0 aromatic heterocycles. The third kappa shape index (κ3) is 3.03. The summed E-state index contributed by atoms with van der Waals surface area (Å²) < 4.78 is 7.65. The first-order valence-corrected chi connectivity index (χ1v) is 6.80. The Bertz CT molecular complexity index is 277. The van der Waals surface area contributed by atoms with Gasteiger partial charge in [0.25, 0.3) is 0 Å². The summed E-state index contributed by atoms with van der Waals surface area (Å²) in [5.74, 6) is 0.909. The summed E-state index contributed by atoms with van der Waals surface area (Å²) in [6.45, 7) is 6.29. The van der Waals surface area contributed by atoms with Crippen LogP contribution in [0, 0.1) is 0 Å². The quantitative estimate of drug-likeness (QED) is 0.550. The number of halogens is 1. The van der Waals surface area contributed by atoms with Gasteiger partial charge in [-0.2, -0.15) is 0 Å². The number of alkyl halides is 1. The fourth-order valence-corrected chi connectivity index (χ4v) is 2.73. The van der Waals surface area contributed by atoms with Crippen molar-refractivity contribution in [3.05, 3.63) is 36.4 Å². The van der Waals surface area contributed by atoms with E-state index < -0.39 is 0 Å². The van der Waals surface area contributed by atoms with Crippen molar-refractivity contribution in [2.24, 2.45) is 0 Å². The second-order valence-electron chi connectivity index (χ2n) is 2.53. The van der Waals surface area contributed by atoms with Gasteiger partial charge >= 0.3 is 21.2 Å². The molecule has 0 saturated heterocycles. The lowest BCUT2D eigenvalue weighted by atomic mass is 10.2. The summed E-state index contributed by atoms with van der Waals surface area (Å²) in [7, 11) is 1.68. The maximum absolute atomic E-state index is 5.09. The summed E-state index contributed by atoms with van der Waals surface area (Å²) in [4.78, 5) is 0. The van der Waals surface area contributed by atoms with Crippen molar-refractivity contribution in [2.75, 3.05) is 11.5 Å². The summed E-state index contributed by atoms with van der Waals surface area (Å²) in [5, 5.41) is 0. The van der Waals surface area contributed by atoms with Crippen molar-refractivity contribution in [2.45, 2.75) is 6.92 Å². The highest BCUT2D eigenvalue weighted by Gasteiger charge is 2.11. The number of ether oxygens (including phenoxy) is 1. The third-order valence-electron chi connectivity index (χ3n) is 1.70. The van der Waals surface area contributed by atoms with Gasteiger partial charge in [-0.25, -0.2) is 0 Å². The Kier molecular flexibility index (Phi) is 4.28. The highest BCUT2D eigenvalue weighted by molar-refractivity contribution is 5.55. The molecule has 0 N–H and O–H groups in total. The molecule has 0 bridgehead atoms. The lowest BCUT2D eigenvalue weighted by Crippen LogP contribution is -3.61. The van der Waals surface area contributed by atoms with Crippen LogP contribution in [0.25, 0.3) is 3.58 Å². The van der Waals surface area contributed by atoms with Gasteiger partial charge in [0.15, 0.2) is 3.58 Å². The number of methoxy groups -OCH3 is 1. The predicted molar refractivity (Wildman–Crippen MR) is 52.6 cm³/mol. The minimum atomic E-state index is 0.137. The molecule has 1 aromatic rings. The molecule has 0 aliphatic carbocycles. The van der Waals surface area contributed by atoms with E-state index in [0.717, 1.165) is 5.75 Å². The SMILES string of the molecule is C=C([I+]CC)c1ccc(OC)cc1. The van der Waals surface area contributed by atoms with Crippen LogP contribution < -0.4 is 25.9 Å². The van der Waals surface area contributed by atoms with E-state index in [1.807, 2.05) is 12.1 Å². The number of hydrogen-bond acceptors (Lipinski definition) is 1. The molecule has 1 rings (SSSR count). The highest BCUT2D eigenvalue weighted by Crippen LogP contribution is 2.12. The van der Waals surface area contributed by atoms with Crippen molar-refractivity contribution in [3.8, 4) is 5.75 Å². The first-order chi connectivity index (χ1) is 6.27. The van der Waals surface area contributed by atoms with Crippen molar-refractivity contribution in [1.29, 1.82) is 0 Å². The number of hydrogen-bond donors (Lipinski definition) is 0. The monoisotopic (exact) mass is 289 g/mol. The highest BCUT2D eigenvalue weighted by atomic mass is 127. The largest absolute Gasteiger partial charge is 0.497 e. The van der Waals surface area contributed by atoms with E-state index in [1.165, 1.54) is 13.6 Å². The van der Waals surface area contributed by atoms with Crippen molar-refractivity contribution in [1.82, 2.24) is 0 Å². The summed E-state index contributed by atoms with van der Waals surface area (Å²) in [6, 6.07) is 8.13. The fraction of sp³-hybridized carbons (Fsp3) is 0.273. The average Bonchev–Trinajstić information content (AvgIpc) is 2.18. The first kappa shape index (κ1) is 10.6. The van der Waals surface area contributed by atoms with Gasteiger partial charge in [-0.1, -0.05) is 0 Å². The lowest BCUT2D eigenvalue weighted by Gasteiger charge is -1.98. The lowest BCUT2D eigenvalue weighted by molar-refractivity contribution is -0.558. The van der Waals surface area contributed by atoms with Gasteiger partial charge in [0, 0.05) is 5.56 Å². The molecule has 0 aliphatic rings. The number of rotatable bonds is 4. The molecular weight excluding hydrogens is 275 g/mol. The van der Waals surface area contributed by atoms with Crippen LogP contribution in [0.4, 0.5) is 0 Å². The van der Waals surface area contributed by atoms with E-state index in [-0.39, 0.29) is 21.2 Å². The Morgan fingerprint density at radius 3 is 2.46 bits per heavy atom. The van der Waals surface area contributed by atoms with Crippen LogP contribution in [0.3, 0.4) is 0 Å². The molecule has 13 heavy (non-hydrogen) atoms. The Labute approximate surface area is 90.1 Å². The van der Waals surface area contributed by atoms with Crippen molar-refractivity contribution >= 4 is 3.58 Å². The normalized spacial score (nSPS) is 9.69. The summed E-state index contributed by atoms with van der Waals surface area (Å²) >= 11 is 0.137. The Hall–Kier alpha value is -0.510. The minimum absolute atomic E-state index is 0.137. The van der Waals surface area contributed by atoms with Crippen molar-refractivity contribution < 1.29 is 25.9 Å². The zero-order valence-corrected chi connectivity index (χ0v) is 10.2. The van der Waals surface area contributed by atoms with Gasteiger partial charge in [0.1, 0.15) is 10.2 Å². The van der Waals surface area contributed by atoms with Crippen LogP contribution in [0.2, 0.25) is 0 Å². The maximum Gasteiger partial charge on any atom is 0.312 e. The van der Waals surface area contributed by atoms with Crippen LogP contribution in [-0.2, 0) is 0 Å². The smallest absolute Gasteiger partial charge is 0.312 e. The zero-order valence-electron chi connectivity index (χ0n) is 8.01. The molecule has 70 valence electrons. The van der Waals surface area contributed by atoms with Crippen LogP contribution in [0.5, 0.6) is 5.75 Å². The molecule has 0 saturated carbocycles. The Balaban J connectivity index is 2.74. The summed E-state index contributed by atoms with van der Waals surface area (Å²) in [6.07, 6.45) is 0. The molecule has 2 heteroatoms. The van der Waals surface area contributed by atoms with Crippen LogP contribution in [-0.4, -0.2) is 11.5 Å². The van der Waals surface area contributed by atoms with Gasteiger partial charge in [-0.3, -0.25) is 0 Å². The van der Waals surface area contributed by atoms with E-state index >= 15 is 0 Å². The standard InChI is InChI=1S/C11H14IO/c1-4-12-9(2)10-5-7-11(13-3)8-6-10/h5-8H,2,4H2,1,3H3/q+1. The number of benzene rings is 1. The van der Waals surface area contributed by atoms with E-state index in [1.54, 1.807) is 7.11 Å². The molecule has 0 amide bonds. The van der Waals surface area contributed by atoms with Crippen LogP contribution in [0.1, 0.15) is 12.5 Å².